The number of primary amides is 1. The number of carbonyl (C=O) groups excluding carboxylic acids is 1. The second-order valence-electron chi connectivity index (χ2n) is 9.50. The molecule has 0 saturated carbocycles. The first-order chi connectivity index (χ1) is 19.8. The Balaban J connectivity index is 0.000000201. The van der Waals surface area contributed by atoms with E-state index in [-0.39, 0.29) is 11.9 Å². The minimum Gasteiger partial charge on any atom is -0.467 e. The first kappa shape index (κ1) is 29.6. The first-order valence-corrected chi connectivity index (χ1v) is 13.0. The summed E-state index contributed by atoms with van der Waals surface area (Å²) in [5, 5.41) is 7.21. The molecular formula is C29H33F2N7O3. The van der Waals surface area contributed by atoms with Crippen LogP contribution in [-0.4, -0.2) is 71.1 Å². The van der Waals surface area contributed by atoms with Crippen molar-refractivity contribution < 1.29 is 23.0 Å². The maximum Gasteiger partial charge on any atom is 0.317 e. The van der Waals surface area contributed by atoms with E-state index in [9.17, 15) is 13.6 Å². The number of aromatic nitrogens is 4. The third-order valence-electron chi connectivity index (χ3n) is 6.69. The van der Waals surface area contributed by atoms with Crippen molar-refractivity contribution >= 4 is 11.8 Å². The number of para-hydroxylation sites is 1. The molecule has 0 spiro atoms. The van der Waals surface area contributed by atoms with E-state index in [1.807, 2.05) is 37.3 Å². The quantitative estimate of drug-likeness (QED) is 0.322. The molecule has 5 rings (SSSR count). The third kappa shape index (κ3) is 7.62. The standard InChI is InChI=1S/C16H16N6O2.C13H17F2NO/c1-10-13(11-8-18-16(24-2)19-9-11)21-22(14(10)20-15(17)23)12-6-4-3-5-7-12;1-17-5-4-16-3-2-10(9-16)11-6-12(14)8-13(15)7-11/h3-9H,1-2H3,(H3,17,20,23);6-8,10H,2-5,9H2,1H3. The van der Waals surface area contributed by atoms with Gasteiger partial charge in [-0.05, 0) is 55.6 Å². The van der Waals surface area contributed by atoms with Gasteiger partial charge in [-0.3, -0.25) is 5.32 Å². The Labute approximate surface area is 237 Å². The molecule has 10 nitrogen and oxygen atoms in total. The number of methoxy groups -OCH3 is 2. The Kier molecular flexibility index (Phi) is 9.93. The lowest BCUT2D eigenvalue weighted by molar-refractivity contribution is 0.160. The number of rotatable bonds is 8. The highest BCUT2D eigenvalue weighted by Gasteiger charge is 2.24. The summed E-state index contributed by atoms with van der Waals surface area (Å²) in [7, 11) is 3.18. The van der Waals surface area contributed by atoms with E-state index in [4.69, 9.17) is 15.2 Å². The lowest BCUT2D eigenvalue weighted by Crippen LogP contribution is -2.24. The lowest BCUT2D eigenvalue weighted by atomic mass is 9.98. The predicted molar refractivity (Wildman–Crippen MR) is 151 cm³/mol. The van der Waals surface area contributed by atoms with Gasteiger partial charge in [0.05, 0.1) is 19.4 Å². The summed E-state index contributed by atoms with van der Waals surface area (Å²) in [6, 6.07) is 12.8. The van der Waals surface area contributed by atoms with Crippen LogP contribution in [0.3, 0.4) is 0 Å². The summed E-state index contributed by atoms with van der Waals surface area (Å²) in [6.07, 6.45) is 4.18. The number of hydrogen-bond donors (Lipinski definition) is 2. The Morgan fingerprint density at radius 1 is 1.10 bits per heavy atom. The van der Waals surface area contributed by atoms with E-state index in [0.717, 1.165) is 48.9 Å². The van der Waals surface area contributed by atoms with Crippen LogP contribution in [0.1, 0.15) is 23.5 Å². The number of likely N-dealkylation sites (tertiary alicyclic amines) is 1. The van der Waals surface area contributed by atoms with Crippen LogP contribution in [0, 0.1) is 18.6 Å². The second kappa shape index (κ2) is 13.8. The highest BCUT2D eigenvalue weighted by Crippen LogP contribution is 2.30. The van der Waals surface area contributed by atoms with Crippen LogP contribution in [0.4, 0.5) is 19.4 Å². The zero-order valence-electron chi connectivity index (χ0n) is 23.2. The molecule has 1 fully saturated rings. The van der Waals surface area contributed by atoms with E-state index in [2.05, 4.69) is 25.3 Å². The number of hydrogen-bond acceptors (Lipinski definition) is 7. The van der Waals surface area contributed by atoms with Gasteiger partial charge in [-0.15, -0.1) is 0 Å². The third-order valence-corrected chi connectivity index (χ3v) is 6.69. The van der Waals surface area contributed by atoms with Gasteiger partial charge in [0.25, 0.3) is 0 Å². The number of halogens is 2. The minimum absolute atomic E-state index is 0.233. The molecule has 3 heterocycles. The fourth-order valence-corrected chi connectivity index (χ4v) is 4.67. The summed E-state index contributed by atoms with van der Waals surface area (Å²) in [4.78, 5) is 21.8. The van der Waals surface area contributed by atoms with Crippen molar-refractivity contribution in [3.8, 4) is 23.0 Å². The molecule has 1 saturated heterocycles. The predicted octanol–water partition coefficient (Wildman–Crippen LogP) is 4.54. The Hall–Kier alpha value is -4.42. The number of benzene rings is 2. The molecule has 1 atom stereocenters. The number of carbonyl (C=O) groups is 1. The van der Waals surface area contributed by atoms with Crippen LogP contribution < -0.4 is 15.8 Å². The van der Waals surface area contributed by atoms with E-state index < -0.39 is 17.7 Å². The molecule has 1 aliphatic heterocycles. The summed E-state index contributed by atoms with van der Waals surface area (Å²) in [6.45, 7) is 5.24. The average molecular weight is 566 g/mol. The molecule has 2 aromatic carbocycles. The van der Waals surface area contributed by atoms with Gasteiger partial charge in [-0.25, -0.2) is 28.2 Å². The van der Waals surface area contributed by atoms with Gasteiger partial charge >= 0.3 is 12.0 Å². The summed E-state index contributed by atoms with van der Waals surface area (Å²) >= 11 is 0. The molecule has 3 N–H and O–H groups in total. The Morgan fingerprint density at radius 3 is 2.39 bits per heavy atom. The van der Waals surface area contributed by atoms with Crippen molar-refractivity contribution in [3.63, 3.8) is 0 Å². The molecule has 1 aliphatic rings. The number of urea groups is 1. The first-order valence-electron chi connectivity index (χ1n) is 13.0. The van der Waals surface area contributed by atoms with Crippen molar-refractivity contribution in [1.82, 2.24) is 24.6 Å². The van der Waals surface area contributed by atoms with Crippen LogP contribution in [-0.2, 0) is 4.74 Å². The van der Waals surface area contributed by atoms with Crippen LogP contribution in [0.5, 0.6) is 6.01 Å². The van der Waals surface area contributed by atoms with Crippen LogP contribution in [0.2, 0.25) is 0 Å². The van der Waals surface area contributed by atoms with Gasteiger partial charge in [0.2, 0.25) is 0 Å². The molecule has 2 aromatic heterocycles. The van der Waals surface area contributed by atoms with Crippen molar-refractivity contribution in [3.05, 3.63) is 83.7 Å². The molecule has 12 heteroatoms. The number of ether oxygens (including phenoxy) is 2. The SMILES string of the molecule is COCCN1CCC(c2cc(F)cc(F)c2)C1.COc1ncc(-c2nn(-c3ccccc3)c(NC(N)=O)c2C)cn1. The zero-order chi connectivity index (χ0) is 29.4. The summed E-state index contributed by atoms with van der Waals surface area (Å²) in [5.41, 5.74) is 8.96. The van der Waals surface area contributed by atoms with Gasteiger partial charge in [0, 0.05) is 49.8 Å². The summed E-state index contributed by atoms with van der Waals surface area (Å²) < 4.78 is 37.8. The molecule has 216 valence electrons. The number of nitrogens with two attached hydrogens (primary N) is 1. The van der Waals surface area contributed by atoms with Crippen LogP contribution in [0.15, 0.2) is 60.9 Å². The largest absolute Gasteiger partial charge is 0.467 e. The molecule has 0 bridgehead atoms. The zero-order valence-corrected chi connectivity index (χ0v) is 23.2. The van der Waals surface area contributed by atoms with Gasteiger partial charge in [0.1, 0.15) is 23.1 Å². The lowest BCUT2D eigenvalue weighted by Gasteiger charge is -2.15. The normalized spacial score (nSPS) is 14.8. The van der Waals surface area contributed by atoms with E-state index in [0.29, 0.717) is 23.7 Å². The molecule has 0 aliphatic carbocycles. The van der Waals surface area contributed by atoms with Gasteiger partial charge < -0.3 is 20.1 Å². The number of nitrogens with zero attached hydrogens (tertiary/aromatic N) is 5. The van der Waals surface area contributed by atoms with Crippen molar-refractivity contribution in [2.24, 2.45) is 5.73 Å². The van der Waals surface area contributed by atoms with Gasteiger partial charge in [-0.2, -0.15) is 5.10 Å². The minimum atomic E-state index is -0.660. The average Bonchev–Trinajstić information content (AvgIpc) is 3.57. The molecule has 2 amide bonds. The second-order valence-corrected chi connectivity index (χ2v) is 9.50. The summed E-state index contributed by atoms with van der Waals surface area (Å²) in [5.74, 6) is -0.248. The molecule has 41 heavy (non-hydrogen) atoms. The highest BCUT2D eigenvalue weighted by atomic mass is 19.1. The van der Waals surface area contributed by atoms with Gasteiger partial charge in [-0.1, -0.05) is 18.2 Å². The van der Waals surface area contributed by atoms with E-state index >= 15 is 0 Å². The van der Waals surface area contributed by atoms with E-state index in [1.54, 1.807) is 24.2 Å². The number of nitrogens with one attached hydrogen (secondary N) is 1. The maximum atomic E-state index is 13.1. The fraction of sp³-hybridized carbons (Fsp3) is 0.310. The Morgan fingerprint density at radius 2 is 1.78 bits per heavy atom. The van der Waals surface area contributed by atoms with Crippen LogP contribution >= 0.6 is 0 Å². The Bertz CT molecular complexity index is 1430. The molecule has 4 aromatic rings. The number of anilines is 1. The molecule has 0 radical (unpaired) electrons. The number of amides is 2. The molecular weight excluding hydrogens is 532 g/mol. The van der Waals surface area contributed by atoms with Crippen molar-refractivity contribution in [2.45, 2.75) is 19.3 Å². The van der Waals surface area contributed by atoms with E-state index in [1.165, 1.54) is 19.2 Å². The molecule has 1 unspecified atom stereocenters. The van der Waals surface area contributed by atoms with Gasteiger partial charge in [0.15, 0.2) is 0 Å². The smallest absolute Gasteiger partial charge is 0.317 e. The van der Waals surface area contributed by atoms with Crippen molar-refractivity contribution in [2.75, 3.05) is 45.8 Å². The topological polar surface area (TPSA) is 120 Å². The monoisotopic (exact) mass is 565 g/mol. The highest BCUT2D eigenvalue weighted by molar-refractivity contribution is 5.89. The maximum absolute atomic E-state index is 13.1. The van der Waals surface area contributed by atoms with Crippen molar-refractivity contribution in [1.29, 1.82) is 0 Å². The van der Waals surface area contributed by atoms with Crippen LogP contribution in [0.25, 0.3) is 16.9 Å². The fourth-order valence-electron chi connectivity index (χ4n) is 4.67.